The van der Waals surface area contributed by atoms with E-state index in [0.29, 0.717) is 25.4 Å². The zero-order valence-electron chi connectivity index (χ0n) is 24.0. The molecule has 0 saturated heterocycles. The van der Waals surface area contributed by atoms with Crippen molar-refractivity contribution in [2.45, 2.75) is 19.2 Å². The summed E-state index contributed by atoms with van der Waals surface area (Å²) in [5, 5.41) is 2.14. The van der Waals surface area contributed by atoms with Gasteiger partial charge in [0.2, 0.25) is 5.43 Å². The van der Waals surface area contributed by atoms with Gasteiger partial charge in [0.15, 0.2) is 11.4 Å². The molecular weight excluding hydrogens is 542 g/mol. The molecule has 9 nitrogen and oxygen atoms in total. The van der Waals surface area contributed by atoms with Gasteiger partial charge in [-0.15, -0.1) is 0 Å². The van der Waals surface area contributed by atoms with Crippen LogP contribution in [0.3, 0.4) is 0 Å². The lowest BCUT2D eigenvalue weighted by atomic mass is 9.98. The smallest absolute Gasteiger partial charge is 0.277 e. The van der Waals surface area contributed by atoms with E-state index in [1.165, 1.54) is 0 Å². The van der Waals surface area contributed by atoms with Gasteiger partial charge in [-0.25, -0.2) is 9.66 Å². The largest absolute Gasteiger partial charge is 0.482 e. The molecule has 0 fully saturated rings. The maximum Gasteiger partial charge on any atom is 0.277 e. The van der Waals surface area contributed by atoms with Crippen LogP contribution in [0.25, 0.3) is 0 Å². The first-order chi connectivity index (χ1) is 21.1. The van der Waals surface area contributed by atoms with Crippen LogP contribution in [0.4, 0.5) is 0 Å². The number of ether oxygens (including phenoxy) is 2. The van der Waals surface area contributed by atoms with Crippen molar-refractivity contribution in [3.63, 3.8) is 0 Å². The Balaban J connectivity index is 1.57. The Morgan fingerprint density at radius 3 is 2.14 bits per heavy atom. The van der Waals surface area contributed by atoms with E-state index in [0.717, 1.165) is 16.7 Å². The average molecular weight is 576 g/mol. The summed E-state index contributed by atoms with van der Waals surface area (Å²) in [6.07, 6.45) is 5.23. The van der Waals surface area contributed by atoms with Crippen molar-refractivity contribution in [1.29, 1.82) is 0 Å². The lowest BCUT2D eigenvalue weighted by Gasteiger charge is -2.45. The predicted molar refractivity (Wildman–Crippen MR) is 164 cm³/mol. The Morgan fingerprint density at radius 1 is 0.884 bits per heavy atom. The molecular formula is C34H33N5O4. The number of pyridine rings is 1. The van der Waals surface area contributed by atoms with Crippen LogP contribution < -0.4 is 15.2 Å². The monoisotopic (exact) mass is 575 g/mol. The number of carbonyl (C=O) groups excluding carboxylic acids is 1. The third kappa shape index (κ3) is 5.93. The van der Waals surface area contributed by atoms with Crippen molar-refractivity contribution >= 4 is 5.91 Å². The number of methoxy groups -OCH3 is 1. The van der Waals surface area contributed by atoms with E-state index < -0.39 is 0 Å². The molecule has 9 heteroatoms. The minimum Gasteiger partial charge on any atom is -0.482 e. The van der Waals surface area contributed by atoms with E-state index in [4.69, 9.17) is 9.47 Å². The van der Waals surface area contributed by atoms with Crippen molar-refractivity contribution in [1.82, 2.24) is 19.1 Å². The summed E-state index contributed by atoms with van der Waals surface area (Å²) < 4.78 is 15.4. The van der Waals surface area contributed by atoms with Crippen LogP contribution in [0.5, 0.6) is 5.75 Å². The molecule has 1 aliphatic heterocycles. The van der Waals surface area contributed by atoms with Gasteiger partial charge in [-0.3, -0.25) is 14.6 Å². The van der Waals surface area contributed by atoms with E-state index >= 15 is 0 Å². The molecule has 2 aromatic heterocycles. The van der Waals surface area contributed by atoms with Crippen molar-refractivity contribution in [3.8, 4) is 5.75 Å². The molecule has 3 aromatic carbocycles. The van der Waals surface area contributed by atoms with Crippen LogP contribution in [0.15, 0.2) is 121 Å². The molecule has 0 unspecified atom stereocenters. The highest BCUT2D eigenvalue weighted by Gasteiger charge is 2.38. The Bertz CT molecular complexity index is 1670. The number of benzene rings is 3. The number of fused-ring (bicyclic) bond motifs is 1. The molecule has 1 amide bonds. The van der Waals surface area contributed by atoms with Crippen LogP contribution in [-0.4, -0.2) is 52.0 Å². The van der Waals surface area contributed by atoms with Crippen LogP contribution >= 0.6 is 0 Å². The zero-order chi connectivity index (χ0) is 29.6. The van der Waals surface area contributed by atoms with Crippen molar-refractivity contribution in [2.75, 3.05) is 31.9 Å². The van der Waals surface area contributed by atoms with Gasteiger partial charge in [0.05, 0.1) is 31.2 Å². The van der Waals surface area contributed by atoms with Crippen molar-refractivity contribution in [3.05, 3.63) is 154 Å². The SMILES string of the molecule is COCCN1CN(C(c2ccccc2)c2ccccc2)n2c(Cn3ccnc3)cc(=O)c(OCc3ccccc3)c2C1=O. The van der Waals surface area contributed by atoms with Gasteiger partial charge in [0.25, 0.3) is 5.91 Å². The number of aromatic nitrogens is 3. The molecule has 0 N–H and O–H groups in total. The van der Waals surface area contributed by atoms with Gasteiger partial charge in [0.1, 0.15) is 13.3 Å². The minimum absolute atomic E-state index is 0.0234. The Labute approximate surface area is 250 Å². The molecule has 0 bridgehead atoms. The molecule has 0 aliphatic carbocycles. The molecule has 6 rings (SSSR count). The highest BCUT2D eigenvalue weighted by molar-refractivity contribution is 5.96. The summed E-state index contributed by atoms with van der Waals surface area (Å²) in [7, 11) is 1.61. The number of carbonyl (C=O) groups is 1. The lowest BCUT2D eigenvalue weighted by Crippen LogP contribution is -2.57. The highest BCUT2D eigenvalue weighted by atomic mass is 16.5. The Kier molecular flexibility index (Phi) is 8.33. The molecule has 0 saturated carbocycles. The number of amides is 1. The van der Waals surface area contributed by atoms with Crippen LogP contribution in [0.1, 0.15) is 38.9 Å². The second kappa shape index (κ2) is 12.8. The number of hydrogen-bond donors (Lipinski definition) is 0. The molecule has 0 atom stereocenters. The molecule has 0 radical (unpaired) electrons. The maximum atomic E-state index is 14.3. The van der Waals surface area contributed by atoms with Crippen molar-refractivity contribution < 1.29 is 14.3 Å². The van der Waals surface area contributed by atoms with E-state index in [2.05, 4.69) is 34.3 Å². The lowest BCUT2D eigenvalue weighted by molar-refractivity contribution is 0.0608. The number of hydrogen-bond acceptors (Lipinski definition) is 6. The van der Waals surface area contributed by atoms with Gasteiger partial charge in [-0.2, -0.15) is 0 Å². The third-order valence-corrected chi connectivity index (χ3v) is 7.51. The molecule has 1 aliphatic rings. The van der Waals surface area contributed by atoms with Gasteiger partial charge >= 0.3 is 0 Å². The third-order valence-electron chi connectivity index (χ3n) is 7.51. The van der Waals surface area contributed by atoms with Gasteiger partial charge in [-0.05, 0) is 16.7 Å². The summed E-state index contributed by atoms with van der Waals surface area (Å²) in [5.41, 5.74) is 3.46. The zero-order valence-corrected chi connectivity index (χ0v) is 24.0. The van der Waals surface area contributed by atoms with Gasteiger partial charge in [0, 0.05) is 32.1 Å². The maximum absolute atomic E-state index is 14.3. The summed E-state index contributed by atoms with van der Waals surface area (Å²) in [6.45, 7) is 1.44. The number of rotatable bonds is 11. The molecule has 5 aromatic rings. The first kappa shape index (κ1) is 28.0. The molecule has 0 spiro atoms. The van der Waals surface area contributed by atoms with E-state index in [9.17, 15) is 9.59 Å². The molecule has 218 valence electrons. The van der Waals surface area contributed by atoms with E-state index in [-0.39, 0.29) is 42.1 Å². The Morgan fingerprint density at radius 2 is 1.53 bits per heavy atom. The van der Waals surface area contributed by atoms with Crippen molar-refractivity contribution in [2.24, 2.45) is 0 Å². The molecule has 43 heavy (non-hydrogen) atoms. The quantitative estimate of drug-likeness (QED) is 0.231. The summed E-state index contributed by atoms with van der Waals surface area (Å²) in [4.78, 5) is 34.0. The highest BCUT2D eigenvalue weighted by Crippen LogP contribution is 2.33. The van der Waals surface area contributed by atoms with E-state index in [1.54, 1.807) is 30.6 Å². The fourth-order valence-electron chi connectivity index (χ4n) is 5.50. The van der Waals surface area contributed by atoms with E-state index in [1.807, 2.05) is 82.2 Å². The topological polar surface area (TPSA) is 81.8 Å². The standard InChI is InChI=1S/C34H33N5O4/c1-42-20-19-37-25-38(31(27-13-7-3-8-14-27)28-15-9-4-10-16-28)39-29(22-36-18-17-35-24-36)21-30(40)33(32(39)34(37)41)43-23-26-11-5-2-6-12-26/h2-18,21,24,31H,19-20,22-23,25H2,1H3. The van der Waals surface area contributed by atoms with Gasteiger partial charge in [-0.1, -0.05) is 91.0 Å². The first-order valence-electron chi connectivity index (χ1n) is 14.2. The van der Waals surface area contributed by atoms with Crippen LogP contribution in [0, 0.1) is 0 Å². The molecule has 3 heterocycles. The fourth-order valence-corrected chi connectivity index (χ4v) is 5.50. The second-order valence-electron chi connectivity index (χ2n) is 10.4. The predicted octanol–water partition coefficient (Wildman–Crippen LogP) is 4.46. The van der Waals surface area contributed by atoms with Crippen LogP contribution in [0.2, 0.25) is 0 Å². The summed E-state index contributed by atoms with van der Waals surface area (Å²) in [6, 6.07) is 31.2. The fraction of sp³-hybridized carbons (Fsp3) is 0.206. The van der Waals surface area contributed by atoms with Crippen LogP contribution in [-0.2, 0) is 17.9 Å². The number of imidazole rings is 1. The Hall–Kier alpha value is -5.15. The minimum atomic E-state index is -0.352. The number of nitrogens with zero attached hydrogens (tertiary/aromatic N) is 5. The summed E-state index contributed by atoms with van der Waals surface area (Å²) >= 11 is 0. The second-order valence-corrected chi connectivity index (χ2v) is 10.4. The summed E-state index contributed by atoms with van der Waals surface area (Å²) in [5.74, 6) is -0.268. The first-order valence-corrected chi connectivity index (χ1v) is 14.2. The van der Waals surface area contributed by atoms with Gasteiger partial charge < -0.3 is 18.9 Å². The average Bonchev–Trinajstić information content (AvgIpc) is 3.56. The normalized spacial score (nSPS) is 12.9.